The maximum Gasteiger partial charge on any atom is 0.393 e. The fourth-order valence-electron chi connectivity index (χ4n) is 3.94. The van der Waals surface area contributed by atoms with Gasteiger partial charge in [-0.05, 0) is 18.6 Å². The molecule has 1 aliphatic heterocycles. The van der Waals surface area contributed by atoms with Crippen LogP contribution in [-0.2, 0) is 9.53 Å². The number of imidazole rings is 1. The van der Waals surface area contributed by atoms with Crippen molar-refractivity contribution in [2.24, 2.45) is 5.92 Å². The van der Waals surface area contributed by atoms with Gasteiger partial charge >= 0.3 is 12.1 Å². The number of carboxylic acid groups (broad SMARTS) is 1. The molecule has 0 saturated carbocycles. The maximum absolute atomic E-state index is 13.6. The lowest BCUT2D eigenvalue weighted by atomic mass is 10.1. The zero-order chi connectivity index (χ0) is 23.8. The van der Waals surface area contributed by atoms with Crippen molar-refractivity contribution in [1.29, 1.82) is 0 Å². The van der Waals surface area contributed by atoms with Crippen molar-refractivity contribution in [2.45, 2.75) is 25.1 Å². The molecular formula is C21H19Cl2F3N4O3. The van der Waals surface area contributed by atoms with Crippen LogP contribution in [0.5, 0.6) is 0 Å². The third-order valence-corrected chi connectivity index (χ3v) is 6.36. The minimum Gasteiger partial charge on any atom is -0.481 e. The second-order valence-electron chi connectivity index (χ2n) is 7.73. The van der Waals surface area contributed by atoms with Crippen LogP contribution in [0.15, 0.2) is 36.9 Å². The summed E-state index contributed by atoms with van der Waals surface area (Å²) in [5, 5.41) is 9.90. The van der Waals surface area contributed by atoms with Crippen molar-refractivity contribution >= 4 is 45.9 Å². The van der Waals surface area contributed by atoms with Gasteiger partial charge < -0.3 is 19.3 Å². The number of alkyl halides is 3. The molecular weight excluding hydrogens is 484 g/mol. The number of aromatic nitrogens is 3. The minimum atomic E-state index is -4.39. The summed E-state index contributed by atoms with van der Waals surface area (Å²) in [5.74, 6) is -2.33. The number of carboxylic acids is 1. The molecule has 3 aromatic rings. The number of hydrogen-bond acceptors (Lipinski definition) is 5. The van der Waals surface area contributed by atoms with Crippen molar-refractivity contribution in [2.75, 3.05) is 24.7 Å². The number of carbonyl (C=O) groups is 1. The molecule has 0 spiro atoms. The highest BCUT2D eigenvalue weighted by Crippen LogP contribution is 2.41. The molecule has 0 aliphatic carbocycles. The summed E-state index contributed by atoms with van der Waals surface area (Å²) in [5.41, 5.74) is 0.985. The van der Waals surface area contributed by atoms with Gasteiger partial charge in [-0.1, -0.05) is 23.2 Å². The normalized spacial score (nSPS) is 18.9. The van der Waals surface area contributed by atoms with Gasteiger partial charge in [0.05, 0.1) is 59.2 Å². The second kappa shape index (κ2) is 9.36. The van der Waals surface area contributed by atoms with Gasteiger partial charge in [0, 0.05) is 30.4 Å². The topological polar surface area (TPSA) is 80.5 Å². The van der Waals surface area contributed by atoms with E-state index in [2.05, 4.69) is 9.97 Å². The molecule has 4 rings (SSSR count). The Bertz CT molecular complexity index is 1160. The average molecular weight is 503 g/mol. The average Bonchev–Trinajstić information content (AvgIpc) is 3.43. The summed E-state index contributed by atoms with van der Waals surface area (Å²) in [4.78, 5) is 20.9. The Labute approximate surface area is 196 Å². The molecule has 1 fully saturated rings. The number of anilines is 1. The SMILES string of the molecule is O=C(O)CCOC[C@@H]1C[C@H](C(F)(F)F)CN1c1cc(-n2ccnc2)c2ccc(Cl)c(Cl)c2n1. The smallest absolute Gasteiger partial charge is 0.393 e. The van der Waals surface area contributed by atoms with Gasteiger partial charge in [0.15, 0.2) is 0 Å². The van der Waals surface area contributed by atoms with Crippen molar-refractivity contribution in [3.63, 3.8) is 0 Å². The van der Waals surface area contributed by atoms with Crippen LogP contribution < -0.4 is 4.90 Å². The molecule has 0 amide bonds. The molecule has 7 nitrogen and oxygen atoms in total. The number of benzene rings is 1. The first-order valence-electron chi connectivity index (χ1n) is 10.0. The lowest BCUT2D eigenvalue weighted by molar-refractivity contribution is -0.169. The Morgan fingerprint density at radius 2 is 2.09 bits per heavy atom. The molecule has 33 heavy (non-hydrogen) atoms. The monoisotopic (exact) mass is 502 g/mol. The molecule has 12 heteroatoms. The summed E-state index contributed by atoms with van der Waals surface area (Å²) >= 11 is 12.6. The van der Waals surface area contributed by atoms with Crippen LogP contribution in [0.2, 0.25) is 10.0 Å². The quantitative estimate of drug-likeness (QED) is 0.459. The number of ether oxygens (including phenoxy) is 1. The van der Waals surface area contributed by atoms with Gasteiger partial charge in [0.2, 0.25) is 0 Å². The number of halogens is 5. The van der Waals surface area contributed by atoms with E-state index in [0.29, 0.717) is 16.6 Å². The Morgan fingerprint density at radius 3 is 2.76 bits per heavy atom. The molecule has 2 aromatic heterocycles. The van der Waals surface area contributed by atoms with Crippen molar-refractivity contribution in [3.8, 4) is 5.69 Å². The van der Waals surface area contributed by atoms with E-state index >= 15 is 0 Å². The number of aliphatic carboxylic acids is 1. The number of pyridine rings is 1. The first-order valence-corrected chi connectivity index (χ1v) is 10.8. The van der Waals surface area contributed by atoms with Crippen molar-refractivity contribution in [3.05, 3.63) is 47.0 Å². The Balaban J connectivity index is 1.75. The lowest BCUT2D eigenvalue weighted by Gasteiger charge is -2.27. The summed E-state index contributed by atoms with van der Waals surface area (Å²) in [7, 11) is 0. The summed E-state index contributed by atoms with van der Waals surface area (Å²) < 4.78 is 47.8. The first kappa shape index (κ1) is 23.6. The van der Waals surface area contributed by atoms with Crippen LogP contribution in [0.3, 0.4) is 0 Å². The minimum absolute atomic E-state index is 0.0662. The summed E-state index contributed by atoms with van der Waals surface area (Å²) in [6.07, 6.45) is 0.0335. The highest BCUT2D eigenvalue weighted by Gasteiger charge is 2.48. The Hall–Kier alpha value is -2.56. The molecule has 2 atom stereocenters. The van der Waals surface area contributed by atoms with Crippen LogP contribution in [0.25, 0.3) is 16.6 Å². The maximum atomic E-state index is 13.6. The highest BCUT2D eigenvalue weighted by molar-refractivity contribution is 6.45. The van der Waals surface area contributed by atoms with Crippen LogP contribution in [0.4, 0.5) is 19.0 Å². The Morgan fingerprint density at radius 1 is 1.30 bits per heavy atom. The zero-order valence-corrected chi connectivity index (χ0v) is 18.6. The predicted molar refractivity (Wildman–Crippen MR) is 117 cm³/mol. The van der Waals surface area contributed by atoms with E-state index in [1.54, 1.807) is 41.5 Å². The molecule has 1 saturated heterocycles. The molecule has 176 valence electrons. The molecule has 0 bridgehead atoms. The van der Waals surface area contributed by atoms with E-state index in [4.69, 9.17) is 33.0 Å². The van der Waals surface area contributed by atoms with E-state index in [-0.39, 0.29) is 48.5 Å². The highest BCUT2D eigenvalue weighted by atomic mass is 35.5. The largest absolute Gasteiger partial charge is 0.481 e. The van der Waals surface area contributed by atoms with Gasteiger partial charge in [-0.25, -0.2) is 9.97 Å². The van der Waals surface area contributed by atoms with E-state index in [9.17, 15) is 18.0 Å². The summed E-state index contributed by atoms with van der Waals surface area (Å²) in [6, 6.07) is 4.40. The van der Waals surface area contributed by atoms with Crippen molar-refractivity contribution in [1.82, 2.24) is 14.5 Å². The number of nitrogens with zero attached hydrogens (tertiary/aromatic N) is 4. The van der Waals surface area contributed by atoms with E-state index < -0.39 is 24.1 Å². The molecule has 1 aliphatic rings. The Kier molecular flexibility index (Phi) is 6.69. The third kappa shape index (κ3) is 5.02. The second-order valence-corrected chi connectivity index (χ2v) is 8.51. The van der Waals surface area contributed by atoms with Gasteiger partial charge in [-0.2, -0.15) is 13.2 Å². The van der Waals surface area contributed by atoms with Crippen LogP contribution >= 0.6 is 23.2 Å². The molecule has 0 radical (unpaired) electrons. The van der Waals surface area contributed by atoms with Crippen LogP contribution in [-0.4, -0.2) is 57.6 Å². The van der Waals surface area contributed by atoms with Crippen LogP contribution in [0, 0.1) is 5.92 Å². The standard InChI is InChI=1S/C21H19Cl2F3N4O3/c22-15-2-1-14-16(29-5-4-27-11-29)8-17(28-20(14)19(15)23)30-9-12(21(24,25)26)7-13(30)10-33-6-3-18(31)32/h1-2,4-5,8,11-13H,3,6-7,9-10H2,(H,31,32)/t12-,13-/m0/s1. The first-order chi connectivity index (χ1) is 15.6. The molecule has 0 unspecified atom stereocenters. The van der Waals surface area contributed by atoms with Gasteiger partial charge in [-0.3, -0.25) is 4.79 Å². The summed E-state index contributed by atoms with van der Waals surface area (Å²) in [6.45, 7) is -0.469. The fraction of sp³-hybridized carbons (Fsp3) is 0.381. The van der Waals surface area contributed by atoms with Gasteiger partial charge in [0.1, 0.15) is 5.82 Å². The zero-order valence-electron chi connectivity index (χ0n) is 17.1. The number of rotatable bonds is 7. The van der Waals surface area contributed by atoms with E-state index in [0.717, 1.165) is 0 Å². The molecule has 3 heterocycles. The van der Waals surface area contributed by atoms with Crippen molar-refractivity contribution < 1.29 is 27.8 Å². The fourth-order valence-corrected chi connectivity index (χ4v) is 4.30. The van der Waals surface area contributed by atoms with E-state index in [1.807, 2.05) is 0 Å². The number of hydrogen-bond donors (Lipinski definition) is 1. The van der Waals surface area contributed by atoms with Crippen LogP contribution in [0.1, 0.15) is 12.8 Å². The third-order valence-electron chi connectivity index (χ3n) is 5.56. The van der Waals surface area contributed by atoms with E-state index in [1.165, 1.54) is 4.90 Å². The van der Waals surface area contributed by atoms with Gasteiger partial charge in [-0.15, -0.1) is 0 Å². The molecule has 1 aromatic carbocycles. The molecule has 1 N–H and O–H groups in total. The lowest BCUT2D eigenvalue weighted by Crippen LogP contribution is -2.34. The predicted octanol–water partition coefficient (Wildman–Crippen LogP) is 4.98. The number of fused-ring (bicyclic) bond motifs is 1. The van der Waals surface area contributed by atoms with Gasteiger partial charge in [0.25, 0.3) is 0 Å².